The van der Waals surface area contributed by atoms with Crippen molar-refractivity contribution >= 4 is 17.5 Å². The Labute approximate surface area is 274 Å². The van der Waals surface area contributed by atoms with Crippen molar-refractivity contribution in [2.24, 2.45) is 5.92 Å². The largest absolute Gasteiger partial charge is 0.493 e. The summed E-state index contributed by atoms with van der Waals surface area (Å²) in [5.74, 6) is 2.14. The van der Waals surface area contributed by atoms with Crippen LogP contribution < -0.4 is 45.1 Å². The van der Waals surface area contributed by atoms with E-state index >= 15 is 0 Å². The second kappa shape index (κ2) is 14.7. The summed E-state index contributed by atoms with van der Waals surface area (Å²) in [6, 6.07) is 13.2. The summed E-state index contributed by atoms with van der Waals surface area (Å²) in [5, 5.41) is 9.26. The van der Waals surface area contributed by atoms with Gasteiger partial charge in [-0.2, -0.15) is 0 Å². The highest BCUT2D eigenvalue weighted by atomic mass is 16.6. The van der Waals surface area contributed by atoms with Crippen LogP contribution in [0.15, 0.2) is 53.3 Å². The average Bonchev–Trinajstić information content (AvgIpc) is 3.32. The number of rotatable bonds is 11. The standard InChI is InChI=1S/C36H43N3O8/c1-7-20(2)33(36(42)37-18-23-19-46-29-10-8-9-11-30(29)47-23)39-27-15-13-24-25(17-28(27)41)26(38-21(3)40)14-12-22-16-31(43-4)34(44-5)35(45-6)32(22)24/h8-11,13,15-17,20,23,26,33H,7,12,14,18-19H2,1-6H3,(H,37,42)(H,38,40)(H,39,41). The topological polar surface area (TPSA) is 133 Å². The number of methoxy groups -OCH3 is 3. The van der Waals surface area contributed by atoms with Crippen LogP contribution in [0.3, 0.4) is 0 Å². The molecular formula is C36H43N3O8. The Hall–Kier alpha value is -4.93. The third-order valence-electron chi connectivity index (χ3n) is 8.79. The van der Waals surface area contributed by atoms with E-state index in [1.807, 2.05) is 50.2 Å². The van der Waals surface area contributed by atoms with Crippen molar-refractivity contribution in [3.63, 3.8) is 0 Å². The second-order valence-corrected chi connectivity index (χ2v) is 11.8. The number of amides is 2. The van der Waals surface area contributed by atoms with E-state index in [9.17, 15) is 14.4 Å². The fraction of sp³-hybridized carbons (Fsp3) is 0.417. The van der Waals surface area contributed by atoms with Gasteiger partial charge in [0.2, 0.25) is 23.0 Å². The van der Waals surface area contributed by atoms with Crippen LogP contribution in [0.25, 0.3) is 11.1 Å². The van der Waals surface area contributed by atoms with Crippen LogP contribution in [-0.4, -0.2) is 58.4 Å². The molecule has 2 amide bonds. The molecule has 4 unspecified atom stereocenters. The van der Waals surface area contributed by atoms with E-state index < -0.39 is 12.1 Å². The molecule has 11 heteroatoms. The van der Waals surface area contributed by atoms with Crippen molar-refractivity contribution in [3.8, 4) is 39.9 Å². The maximum absolute atomic E-state index is 13.9. The maximum Gasteiger partial charge on any atom is 0.242 e. The minimum atomic E-state index is -0.705. The number of aryl methyl sites for hydroxylation is 1. The maximum atomic E-state index is 13.9. The molecule has 0 fully saturated rings. The fourth-order valence-electron chi connectivity index (χ4n) is 6.18. The molecule has 1 aliphatic heterocycles. The number of fused-ring (bicyclic) bond motifs is 4. The SMILES string of the molecule is CCC(C)C(Nc1ccc2c(cc1=O)C(NC(C)=O)CCc1cc(OC)c(OC)c(OC)c1-2)C(=O)NCC1COc2ccccc2O1. The van der Waals surface area contributed by atoms with Gasteiger partial charge in [-0.25, -0.2) is 0 Å². The highest BCUT2D eigenvalue weighted by Crippen LogP contribution is 2.50. The molecule has 5 rings (SSSR count). The van der Waals surface area contributed by atoms with Gasteiger partial charge >= 0.3 is 0 Å². The average molecular weight is 646 g/mol. The zero-order chi connectivity index (χ0) is 33.7. The number of ether oxygens (including phenoxy) is 5. The number of anilines is 1. The molecule has 1 aliphatic carbocycles. The van der Waals surface area contributed by atoms with Crippen molar-refractivity contribution in [3.05, 3.63) is 69.9 Å². The molecule has 0 saturated heterocycles. The molecular weight excluding hydrogens is 602 g/mol. The third kappa shape index (κ3) is 7.08. The van der Waals surface area contributed by atoms with Crippen LogP contribution in [-0.2, 0) is 16.0 Å². The summed E-state index contributed by atoms with van der Waals surface area (Å²) >= 11 is 0. The lowest BCUT2D eigenvalue weighted by molar-refractivity contribution is -0.123. The normalized spacial score (nSPS) is 17.5. The number of hydrogen-bond acceptors (Lipinski definition) is 9. The first-order valence-corrected chi connectivity index (χ1v) is 15.9. The number of hydrogen-bond donors (Lipinski definition) is 3. The van der Waals surface area contributed by atoms with Gasteiger partial charge in [0.25, 0.3) is 0 Å². The van der Waals surface area contributed by atoms with E-state index in [2.05, 4.69) is 16.0 Å². The van der Waals surface area contributed by atoms with Gasteiger partial charge in [-0.05, 0) is 65.8 Å². The lowest BCUT2D eigenvalue weighted by Gasteiger charge is -2.28. The molecule has 3 aromatic carbocycles. The van der Waals surface area contributed by atoms with Crippen LogP contribution in [0.4, 0.5) is 5.69 Å². The third-order valence-corrected chi connectivity index (χ3v) is 8.79. The zero-order valence-corrected chi connectivity index (χ0v) is 27.7. The first kappa shape index (κ1) is 33.4. The monoisotopic (exact) mass is 645 g/mol. The predicted molar refractivity (Wildman–Crippen MR) is 179 cm³/mol. The molecule has 0 saturated carbocycles. The first-order chi connectivity index (χ1) is 22.7. The van der Waals surface area contributed by atoms with Crippen molar-refractivity contribution in [1.82, 2.24) is 10.6 Å². The van der Waals surface area contributed by atoms with E-state index in [1.54, 1.807) is 33.5 Å². The van der Waals surface area contributed by atoms with Crippen LogP contribution >= 0.6 is 0 Å². The molecule has 4 atom stereocenters. The molecule has 11 nitrogen and oxygen atoms in total. The fourth-order valence-corrected chi connectivity index (χ4v) is 6.18. The van der Waals surface area contributed by atoms with Crippen LogP contribution in [0.2, 0.25) is 0 Å². The van der Waals surface area contributed by atoms with Crippen LogP contribution in [0, 0.1) is 5.92 Å². The molecule has 47 heavy (non-hydrogen) atoms. The number of carbonyl (C=O) groups is 2. The van der Waals surface area contributed by atoms with E-state index in [0.717, 1.165) is 11.1 Å². The quantitative estimate of drug-likeness (QED) is 0.273. The Balaban J connectivity index is 1.50. The summed E-state index contributed by atoms with van der Waals surface area (Å²) in [6.45, 7) is 5.96. The van der Waals surface area contributed by atoms with E-state index in [1.165, 1.54) is 6.92 Å². The number of benzene rings is 2. The van der Waals surface area contributed by atoms with Gasteiger partial charge in [0.1, 0.15) is 18.8 Å². The highest BCUT2D eigenvalue weighted by Gasteiger charge is 2.31. The van der Waals surface area contributed by atoms with Crippen LogP contribution in [0.5, 0.6) is 28.7 Å². The van der Waals surface area contributed by atoms with Crippen molar-refractivity contribution < 1.29 is 33.3 Å². The van der Waals surface area contributed by atoms with Gasteiger partial charge in [-0.3, -0.25) is 14.4 Å². The smallest absolute Gasteiger partial charge is 0.242 e. The Bertz CT molecular complexity index is 1690. The van der Waals surface area contributed by atoms with Gasteiger partial charge in [-0.15, -0.1) is 0 Å². The van der Waals surface area contributed by atoms with Gasteiger partial charge in [0.15, 0.2) is 23.0 Å². The molecule has 0 bridgehead atoms. The highest BCUT2D eigenvalue weighted by molar-refractivity contribution is 5.86. The molecule has 0 spiro atoms. The minimum Gasteiger partial charge on any atom is -0.493 e. The molecule has 0 radical (unpaired) electrons. The Morgan fingerprint density at radius 2 is 1.74 bits per heavy atom. The van der Waals surface area contributed by atoms with Gasteiger partial charge in [0, 0.05) is 12.5 Å². The lowest BCUT2D eigenvalue weighted by Crippen LogP contribution is -2.48. The van der Waals surface area contributed by atoms with Crippen molar-refractivity contribution in [2.45, 2.75) is 58.2 Å². The van der Waals surface area contributed by atoms with Gasteiger partial charge in [-0.1, -0.05) is 38.5 Å². The number of carbonyl (C=O) groups excluding carboxylic acids is 2. The summed E-state index contributed by atoms with van der Waals surface area (Å²) in [5.41, 5.74) is 2.97. The second-order valence-electron chi connectivity index (χ2n) is 11.8. The molecule has 2 aliphatic rings. The zero-order valence-electron chi connectivity index (χ0n) is 27.7. The summed E-state index contributed by atoms with van der Waals surface area (Å²) < 4.78 is 29.0. The molecule has 3 N–H and O–H groups in total. The summed E-state index contributed by atoms with van der Waals surface area (Å²) in [7, 11) is 4.66. The van der Waals surface area contributed by atoms with Crippen molar-refractivity contribution in [1.29, 1.82) is 0 Å². The van der Waals surface area contributed by atoms with Crippen LogP contribution in [0.1, 0.15) is 50.8 Å². The van der Waals surface area contributed by atoms with Gasteiger partial charge in [0.05, 0.1) is 39.6 Å². The van der Waals surface area contributed by atoms with E-state index in [-0.39, 0.29) is 41.5 Å². The number of para-hydroxylation sites is 2. The van der Waals surface area contributed by atoms with Gasteiger partial charge < -0.3 is 39.6 Å². The molecule has 0 aromatic heterocycles. The first-order valence-electron chi connectivity index (χ1n) is 15.9. The van der Waals surface area contributed by atoms with E-state index in [0.29, 0.717) is 65.7 Å². The predicted octanol–water partition coefficient (Wildman–Crippen LogP) is 4.65. The molecule has 3 aromatic rings. The Morgan fingerprint density at radius 1 is 1.00 bits per heavy atom. The van der Waals surface area contributed by atoms with E-state index in [4.69, 9.17) is 23.7 Å². The van der Waals surface area contributed by atoms with Crippen molar-refractivity contribution in [2.75, 3.05) is 39.8 Å². The summed E-state index contributed by atoms with van der Waals surface area (Å²) in [6.07, 6.45) is 1.47. The summed E-state index contributed by atoms with van der Waals surface area (Å²) in [4.78, 5) is 39.8. The Morgan fingerprint density at radius 3 is 2.43 bits per heavy atom. The minimum absolute atomic E-state index is 0.105. The molecule has 1 heterocycles. The lowest BCUT2D eigenvalue weighted by atomic mass is 9.95. The number of nitrogens with one attached hydrogen (secondary N) is 3. The Kier molecular flexibility index (Phi) is 10.4. The molecule has 250 valence electrons.